The van der Waals surface area contributed by atoms with E-state index in [1.807, 2.05) is 0 Å². The lowest BCUT2D eigenvalue weighted by Crippen LogP contribution is -2.41. The molecule has 0 spiro atoms. The van der Waals surface area contributed by atoms with E-state index in [0.29, 0.717) is 4.90 Å². The monoisotopic (exact) mass is 243 g/mol. The molecule has 94 valence electrons. The molecule has 8 heteroatoms. The van der Waals surface area contributed by atoms with Crippen molar-refractivity contribution in [1.29, 1.82) is 0 Å². The Bertz CT molecular complexity index is 236. The second-order valence-electron chi connectivity index (χ2n) is 2.91. The molecule has 0 amide bonds. The van der Waals surface area contributed by atoms with E-state index >= 15 is 0 Å². The predicted octanol–water partition coefficient (Wildman–Crippen LogP) is 0.197. The third-order valence-electron chi connectivity index (χ3n) is 1.56. The van der Waals surface area contributed by atoms with E-state index in [1.165, 1.54) is 0 Å². The number of hydrogen-bond donors (Lipinski definition) is 0. The van der Waals surface area contributed by atoms with Crippen LogP contribution in [0.15, 0.2) is 0 Å². The number of hydrogen-bond acceptors (Lipinski definition) is 5. The summed E-state index contributed by atoms with van der Waals surface area (Å²) in [5, 5.41) is 0. The van der Waals surface area contributed by atoms with Gasteiger partial charge in [-0.25, -0.2) is 0 Å². The van der Waals surface area contributed by atoms with Crippen molar-refractivity contribution >= 4 is 11.9 Å². The number of methoxy groups -OCH3 is 2. The minimum absolute atomic E-state index is 0.595. The Labute approximate surface area is 90.1 Å². The molecule has 0 radical (unpaired) electrons. The van der Waals surface area contributed by atoms with E-state index in [4.69, 9.17) is 0 Å². The topological polar surface area (TPSA) is 55.8 Å². The fourth-order valence-corrected chi connectivity index (χ4v) is 0.915. The highest BCUT2D eigenvalue weighted by Gasteiger charge is 2.32. The van der Waals surface area contributed by atoms with Crippen LogP contribution in [0.3, 0.4) is 0 Å². The number of esters is 2. The summed E-state index contributed by atoms with van der Waals surface area (Å²) in [6.45, 7) is -2.62. The minimum atomic E-state index is -4.50. The van der Waals surface area contributed by atoms with Gasteiger partial charge in [0.15, 0.2) is 0 Å². The second-order valence-corrected chi connectivity index (χ2v) is 2.91. The zero-order valence-corrected chi connectivity index (χ0v) is 8.84. The van der Waals surface area contributed by atoms with Crippen LogP contribution in [-0.4, -0.2) is 56.9 Å². The van der Waals surface area contributed by atoms with Gasteiger partial charge in [0, 0.05) is 0 Å². The maximum absolute atomic E-state index is 12.1. The normalized spacial score (nSPS) is 11.4. The Morgan fingerprint density at radius 2 is 1.44 bits per heavy atom. The van der Waals surface area contributed by atoms with Gasteiger partial charge in [-0.15, -0.1) is 0 Å². The Morgan fingerprint density at radius 1 is 1.06 bits per heavy atom. The predicted molar refractivity (Wildman–Crippen MR) is 46.5 cm³/mol. The average molecular weight is 243 g/mol. The molecule has 0 N–H and O–H groups in total. The number of alkyl halides is 3. The van der Waals surface area contributed by atoms with E-state index in [1.54, 1.807) is 0 Å². The molecule has 0 aliphatic carbocycles. The van der Waals surface area contributed by atoms with Crippen molar-refractivity contribution in [3.63, 3.8) is 0 Å². The molecule has 0 unspecified atom stereocenters. The maximum atomic E-state index is 12.1. The summed E-state index contributed by atoms with van der Waals surface area (Å²) in [6.07, 6.45) is -4.50. The summed E-state index contributed by atoms with van der Waals surface area (Å²) in [4.78, 5) is 22.2. The molecule has 0 atom stereocenters. The van der Waals surface area contributed by atoms with Crippen molar-refractivity contribution in [3.05, 3.63) is 0 Å². The third-order valence-corrected chi connectivity index (χ3v) is 1.56. The molecule has 0 rings (SSSR count). The summed E-state index contributed by atoms with van der Waals surface area (Å²) in [6, 6.07) is 0. The average Bonchev–Trinajstić information content (AvgIpc) is 2.14. The minimum Gasteiger partial charge on any atom is -0.468 e. The van der Waals surface area contributed by atoms with Gasteiger partial charge in [0.2, 0.25) is 0 Å². The number of carbonyl (C=O) groups is 2. The van der Waals surface area contributed by atoms with Crippen LogP contribution in [0, 0.1) is 0 Å². The zero-order chi connectivity index (χ0) is 12.8. The van der Waals surface area contributed by atoms with Crippen LogP contribution in [0.4, 0.5) is 13.2 Å². The zero-order valence-electron chi connectivity index (χ0n) is 8.84. The molecule has 16 heavy (non-hydrogen) atoms. The van der Waals surface area contributed by atoms with Crippen molar-refractivity contribution in [2.24, 2.45) is 0 Å². The molecule has 0 fully saturated rings. The lowest BCUT2D eigenvalue weighted by molar-refractivity contribution is -0.160. The fraction of sp³-hybridized carbons (Fsp3) is 0.750. The smallest absolute Gasteiger partial charge is 0.401 e. The van der Waals surface area contributed by atoms with Crippen LogP contribution in [0.5, 0.6) is 0 Å². The highest BCUT2D eigenvalue weighted by Crippen LogP contribution is 2.16. The summed E-state index contributed by atoms with van der Waals surface area (Å²) in [5.41, 5.74) is 0. The van der Waals surface area contributed by atoms with E-state index in [2.05, 4.69) is 9.47 Å². The third kappa shape index (κ3) is 7.04. The van der Waals surface area contributed by atoms with Crippen molar-refractivity contribution in [3.8, 4) is 0 Å². The molecule has 0 aromatic rings. The number of halogens is 3. The largest absolute Gasteiger partial charge is 0.468 e. The summed E-state index contributed by atoms with van der Waals surface area (Å²) >= 11 is 0. The van der Waals surface area contributed by atoms with Crippen molar-refractivity contribution < 1.29 is 32.2 Å². The van der Waals surface area contributed by atoms with Gasteiger partial charge in [-0.05, 0) is 0 Å². The maximum Gasteiger partial charge on any atom is 0.401 e. The van der Waals surface area contributed by atoms with Crippen LogP contribution in [-0.2, 0) is 19.1 Å². The van der Waals surface area contributed by atoms with E-state index in [9.17, 15) is 22.8 Å². The van der Waals surface area contributed by atoms with Gasteiger partial charge in [-0.3, -0.25) is 14.5 Å². The van der Waals surface area contributed by atoms with Crippen LogP contribution in [0.1, 0.15) is 0 Å². The molecule has 0 aliphatic rings. The van der Waals surface area contributed by atoms with Gasteiger partial charge in [-0.2, -0.15) is 13.2 Å². The van der Waals surface area contributed by atoms with Gasteiger partial charge >= 0.3 is 18.1 Å². The molecular weight excluding hydrogens is 231 g/mol. The Kier molecular flexibility index (Phi) is 5.79. The summed E-state index contributed by atoms with van der Waals surface area (Å²) in [7, 11) is 2.10. The Balaban J connectivity index is 4.38. The Hall–Kier alpha value is -1.31. The van der Waals surface area contributed by atoms with E-state index < -0.39 is 37.7 Å². The quantitative estimate of drug-likeness (QED) is 0.645. The summed E-state index contributed by atoms with van der Waals surface area (Å²) in [5.74, 6) is -1.71. The first kappa shape index (κ1) is 14.7. The number of nitrogens with zero attached hydrogens (tertiary/aromatic N) is 1. The van der Waals surface area contributed by atoms with Crippen LogP contribution in [0.2, 0.25) is 0 Å². The van der Waals surface area contributed by atoms with Gasteiger partial charge in [0.05, 0.1) is 33.9 Å². The lowest BCUT2D eigenvalue weighted by Gasteiger charge is -2.20. The SMILES string of the molecule is COC(=O)CN(CC(=O)OC)CC(F)(F)F. The molecular formula is C8H12F3NO4. The molecule has 0 bridgehead atoms. The van der Waals surface area contributed by atoms with Crippen molar-refractivity contribution in [2.75, 3.05) is 33.9 Å². The molecule has 0 aliphatic heterocycles. The highest BCUT2D eigenvalue weighted by atomic mass is 19.4. The first-order valence-corrected chi connectivity index (χ1v) is 4.21. The fourth-order valence-electron chi connectivity index (χ4n) is 0.915. The number of rotatable bonds is 5. The molecule has 5 nitrogen and oxygen atoms in total. The first-order valence-electron chi connectivity index (χ1n) is 4.21. The molecule has 0 saturated heterocycles. The molecule has 0 aromatic carbocycles. The van der Waals surface area contributed by atoms with Gasteiger partial charge in [0.1, 0.15) is 0 Å². The van der Waals surface area contributed by atoms with Gasteiger partial charge < -0.3 is 9.47 Å². The molecule has 0 heterocycles. The molecule has 0 aromatic heterocycles. The van der Waals surface area contributed by atoms with Gasteiger partial charge in [-0.1, -0.05) is 0 Å². The Morgan fingerprint density at radius 3 is 1.69 bits per heavy atom. The standard InChI is InChI=1S/C8H12F3NO4/c1-15-6(13)3-12(4-7(14)16-2)5-8(9,10)11/h3-5H2,1-2H3. The summed E-state index contributed by atoms with van der Waals surface area (Å²) < 4.78 is 44.6. The first-order chi connectivity index (χ1) is 7.28. The highest BCUT2D eigenvalue weighted by molar-refractivity contribution is 5.74. The van der Waals surface area contributed by atoms with E-state index in [-0.39, 0.29) is 0 Å². The lowest BCUT2D eigenvalue weighted by atomic mass is 10.4. The van der Waals surface area contributed by atoms with Crippen molar-refractivity contribution in [1.82, 2.24) is 4.90 Å². The van der Waals surface area contributed by atoms with Crippen LogP contribution >= 0.6 is 0 Å². The molecule has 0 saturated carbocycles. The second kappa shape index (κ2) is 6.31. The number of carbonyl (C=O) groups excluding carboxylic acids is 2. The van der Waals surface area contributed by atoms with E-state index in [0.717, 1.165) is 14.2 Å². The van der Waals surface area contributed by atoms with Crippen LogP contribution in [0.25, 0.3) is 0 Å². The van der Waals surface area contributed by atoms with Gasteiger partial charge in [0.25, 0.3) is 0 Å². The number of ether oxygens (including phenoxy) is 2. The van der Waals surface area contributed by atoms with Crippen LogP contribution < -0.4 is 0 Å². The van der Waals surface area contributed by atoms with Crippen molar-refractivity contribution in [2.45, 2.75) is 6.18 Å².